The Balaban J connectivity index is 1.30. The van der Waals surface area contributed by atoms with E-state index in [1.54, 1.807) is 16.0 Å². The van der Waals surface area contributed by atoms with Crippen molar-refractivity contribution in [3.63, 3.8) is 0 Å². The number of aromatic nitrogens is 2. The van der Waals surface area contributed by atoms with Gasteiger partial charge in [0, 0.05) is 30.9 Å². The highest BCUT2D eigenvalue weighted by Crippen LogP contribution is 2.25. The summed E-state index contributed by atoms with van der Waals surface area (Å²) in [7, 11) is 0. The number of aryl methyl sites for hydroxylation is 1. The highest BCUT2D eigenvalue weighted by atomic mass is 32.2. The smallest absolute Gasteiger partial charge is 0.257 e. The van der Waals surface area contributed by atoms with Crippen LogP contribution in [0, 0.1) is 6.92 Å². The standard InChI is InChI=1S/C21H29N5O2S/c1-17-15-18(23-28-17)16-29-20-19(5-4-6-22-20)21(27)26-13-11-25(12-14-26)10-9-24-7-2-3-8-24/h4-6,15H,2-3,7-14,16H2,1H3/p+2. The predicted molar refractivity (Wildman–Crippen MR) is 111 cm³/mol. The van der Waals surface area contributed by atoms with E-state index in [-0.39, 0.29) is 5.91 Å². The highest BCUT2D eigenvalue weighted by Gasteiger charge is 2.27. The Morgan fingerprint density at radius 2 is 1.90 bits per heavy atom. The molecule has 0 radical (unpaired) electrons. The van der Waals surface area contributed by atoms with Gasteiger partial charge in [0.1, 0.15) is 23.9 Å². The van der Waals surface area contributed by atoms with E-state index in [0.717, 1.165) is 42.7 Å². The average Bonchev–Trinajstić information content (AvgIpc) is 3.42. The summed E-state index contributed by atoms with van der Waals surface area (Å²) in [6.45, 7) is 10.8. The van der Waals surface area contributed by atoms with Crippen LogP contribution in [0.5, 0.6) is 0 Å². The van der Waals surface area contributed by atoms with Crippen molar-refractivity contribution < 1.29 is 19.1 Å². The van der Waals surface area contributed by atoms with Crippen LogP contribution in [0.3, 0.4) is 0 Å². The molecule has 0 aliphatic carbocycles. The second-order valence-electron chi connectivity index (χ2n) is 8.07. The van der Waals surface area contributed by atoms with E-state index in [2.05, 4.69) is 10.1 Å². The van der Waals surface area contributed by atoms with Crippen LogP contribution in [0.25, 0.3) is 0 Å². The number of carbonyl (C=O) groups excluding carboxylic acids is 1. The molecule has 0 bridgehead atoms. The van der Waals surface area contributed by atoms with E-state index in [0.29, 0.717) is 11.3 Å². The Bertz CT molecular complexity index is 813. The van der Waals surface area contributed by atoms with Gasteiger partial charge in [-0.2, -0.15) is 0 Å². The molecule has 29 heavy (non-hydrogen) atoms. The molecule has 0 unspecified atom stereocenters. The first-order valence-corrected chi connectivity index (χ1v) is 11.6. The van der Waals surface area contributed by atoms with Crippen LogP contribution in [0.1, 0.15) is 34.7 Å². The summed E-state index contributed by atoms with van der Waals surface area (Å²) in [5.41, 5.74) is 1.57. The molecule has 2 saturated heterocycles. The largest absolute Gasteiger partial charge is 0.361 e. The summed E-state index contributed by atoms with van der Waals surface area (Å²) in [5.74, 6) is 1.54. The van der Waals surface area contributed by atoms with Gasteiger partial charge in [0.2, 0.25) is 0 Å². The fraction of sp³-hybridized carbons (Fsp3) is 0.571. The molecule has 4 heterocycles. The highest BCUT2D eigenvalue weighted by molar-refractivity contribution is 7.98. The molecule has 0 aromatic carbocycles. The molecule has 4 rings (SSSR count). The van der Waals surface area contributed by atoms with Gasteiger partial charge in [-0.05, 0) is 19.1 Å². The number of hydrogen-bond acceptors (Lipinski definition) is 5. The number of pyridine rings is 1. The zero-order chi connectivity index (χ0) is 20.1. The molecule has 8 heteroatoms. The van der Waals surface area contributed by atoms with E-state index >= 15 is 0 Å². The van der Waals surface area contributed by atoms with Crippen molar-refractivity contribution in [2.45, 2.75) is 30.5 Å². The SMILES string of the molecule is Cc1cc(CSc2ncccc2C(=O)N2CC[NH+](CC[NH+]3CCCC3)CC2)no1. The molecule has 0 spiro atoms. The van der Waals surface area contributed by atoms with Gasteiger partial charge in [-0.1, -0.05) is 16.9 Å². The molecule has 2 aromatic heterocycles. The van der Waals surface area contributed by atoms with Crippen molar-refractivity contribution in [3.8, 4) is 0 Å². The molecule has 2 aliphatic rings. The molecule has 0 atom stereocenters. The first-order valence-electron chi connectivity index (χ1n) is 10.7. The molecule has 2 fully saturated rings. The summed E-state index contributed by atoms with van der Waals surface area (Å²) in [6.07, 6.45) is 4.51. The van der Waals surface area contributed by atoms with E-state index in [1.807, 2.05) is 30.0 Å². The summed E-state index contributed by atoms with van der Waals surface area (Å²) >= 11 is 1.54. The number of amides is 1. The third-order valence-corrected chi connectivity index (χ3v) is 6.97. The summed E-state index contributed by atoms with van der Waals surface area (Å²) < 4.78 is 5.13. The zero-order valence-electron chi connectivity index (χ0n) is 17.2. The topological polar surface area (TPSA) is 68.1 Å². The van der Waals surface area contributed by atoms with Crippen LogP contribution in [-0.2, 0) is 5.75 Å². The van der Waals surface area contributed by atoms with Gasteiger partial charge in [-0.3, -0.25) is 4.79 Å². The van der Waals surface area contributed by atoms with E-state index in [1.165, 1.54) is 50.8 Å². The minimum absolute atomic E-state index is 0.0983. The lowest BCUT2D eigenvalue weighted by Crippen LogP contribution is -3.21. The number of rotatable bonds is 7. The Labute approximate surface area is 176 Å². The Morgan fingerprint density at radius 1 is 1.17 bits per heavy atom. The van der Waals surface area contributed by atoms with Crippen molar-refractivity contribution in [2.75, 3.05) is 52.4 Å². The quantitative estimate of drug-likeness (QED) is 0.605. The van der Waals surface area contributed by atoms with E-state index in [9.17, 15) is 4.79 Å². The number of quaternary nitrogens is 2. The number of carbonyl (C=O) groups is 1. The first kappa shape index (κ1) is 20.4. The number of likely N-dealkylation sites (tertiary alicyclic amines) is 1. The van der Waals surface area contributed by atoms with Gasteiger partial charge >= 0.3 is 0 Å². The first-order chi connectivity index (χ1) is 14.2. The average molecular weight is 418 g/mol. The molecule has 156 valence electrons. The number of nitrogens with zero attached hydrogens (tertiary/aromatic N) is 3. The molecule has 7 nitrogen and oxygen atoms in total. The van der Waals surface area contributed by atoms with Crippen LogP contribution in [0.15, 0.2) is 33.9 Å². The lowest BCUT2D eigenvalue weighted by atomic mass is 10.2. The zero-order valence-corrected chi connectivity index (χ0v) is 18.0. The monoisotopic (exact) mass is 417 g/mol. The number of piperazine rings is 1. The molecule has 2 N–H and O–H groups in total. The maximum atomic E-state index is 13.1. The predicted octanol–water partition coefficient (Wildman–Crippen LogP) is -0.310. The molecule has 2 aromatic rings. The molecule has 2 aliphatic heterocycles. The fourth-order valence-electron chi connectivity index (χ4n) is 4.22. The number of thioether (sulfide) groups is 1. The summed E-state index contributed by atoms with van der Waals surface area (Å²) in [4.78, 5) is 23.0. The summed E-state index contributed by atoms with van der Waals surface area (Å²) in [5, 5.41) is 4.80. The van der Waals surface area contributed by atoms with Crippen LogP contribution in [0.2, 0.25) is 0 Å². The normalized spacial score (nSPS) is 18.4. The molecule has 1 amide bonds. The van der Waals surface area contributed by atoms with Crippen LogP contribution in [-0.4, -0.2) is 73.3 Å². The summed E-state index contributed by atoms with van der Waals surface area (Å²) in [6, 6.07) is 5.66. The molecule has 0 saturated carbocycles. The Hall–Kier alpha value is -1.90. The van der Waals surface area contributed by atoms with Crippen molar-refractivity contribution in [1.29, 1.82) is 0 Å². The maximum absolute atomic E-state index is 13.1. The number of nitrogens with one attached hydrogen (secondary N) is 2. The Morgan fingerprint density at radius 3 is 2.59 bits per heavy atom. The Kier molecular flexibility index (Phi) is 6.84. The van der Waals surface area contributed by atoms with E-state index in [4.69, 9.17) is 4.52 Å². The minimum Gasteiger partial charge on any atom is -0.361 e. The maximum Gasteiger partial charge on any atom is 0.257 e. The van der Waals surface area contributed by atoms with Crippen LogP contribution in [0.4, 0.5) is 0 Å². The van der Waals surface area contributed by atoms with Gasteiger partial charge in [-0.15, -0.1) is 0 Å². The lowest BCUT2D eigenvalue weighted by molar-refractivity contribution is -0.954. The number of hydrogen-bond donors (Lipinski definition) is 2. The van der Waals surface area contributed by atoms with Gasteiger partial charge < -0.3 is 19.2 Å². The van der Waals surface area contributed by atoms with Gasteiger partial charge in [0.05, 0.1) is 50.5 Å². The van der Waals surface area contributed by atoms with Crippen LogP contribution >= 0.6 is 11.8 Å². The van der Waals surface area contributed by atoms with Crippen LogP contribution < -0.4 is 9.80 Å². The van der Waals surface area contributed by atoms with Gasteiger partial charge in [-0.25, -0.2) is 4.98 Å². The lowest BCUT2D eigenvalue weighted by Gasteiger charge is -2.32. The second-order valence-corrected chi connectivity index (χ2v) is 9.04. The van der Waals surface area contributed by atoms with E-state index < -0.39 is 0 Å². The fourth-order valence-corrected chi connectivity index (χ4v) is 5.09. The van der Waals surface area contributed by atoms with Crippen molar-refractivity contribution in [1.82, 2.24) is 15.0 Å². The van der Waals surface area contributed by atoms with Crippen molar-refractivity contribution in [2.24, 2.45) is 0 Å². The van der Waals surface area contributed by atoms with Gasteiger partial charge in [0.15, 0.2) is 0 Å². The van der Waals surface area contributed by atoms with Crippen molar-refractivity contribution >= 4 is 17.7 Å². The van der Waals surface area contributed by atoms with Gasteiger partial charge in [0.25, 0.3) is 5.91 Å². The third kappa shape index (κ3) is 5.38. The minimum atomic E-state index is 0.0983. The van der Waals surface area contributed by atoms with Crippen molar-refractivity contribution in [3.05, 3.63) is 41.4 Å². The second kappa shape index (κ2) is 9.73. The molecular weight excluding hydrogens is 386 g/mol. The third-order valence-electron chi connectivity index (χ3n) is 5.94. The molecular formula is C21H31N5O2S+2.